The molecule has 2 N–H and O–H groups in total. The van der Waals surface area contributed by atoms with Crippen molar-refractivity contribution in [3.8, 4) is 5.75 Å². The number of amides is 1. The fraction of sp³-hybridized carbons (Fsp3) is 0.458. The highest BCUT2D eigenvalue weighted by atomic mass is 79.9. The molecule has 3 rings (SSSR count). The van der Waals surface area contributed by atoms with Gasteiger partial charge < -0.3 is 31.9 Å². The van der Waals surface area contributed by atoms with Crippen LogP contribution in [0.5, 0.6) is 5.75 Å². The Morgan fingerprint density at radius 2 is 1.69 bits per heavy atom. The van der Waals surface area contributed by atoms with Crippen molar-refractivity contribution >= 4 is 16.9 Å². The molecule has 0 bridgehead atoms. The number of nitrogens with one attached hydrogen (secondary N) is 1. The fourth-order valence-electron chi connectivity index (χ4n) is 3.49. The van der Waals surface area contributed by atoms with Gasteiger partial charge in [-0.05, 0) is 40.8 Å². The molecule has 0 aliphatic rings. The monoisotopic (exact) mass is 503 g/mol. The number of quaternary nitrogens is 1. The largest absolute Gasteiger partial charge is 1.00 e. The van der Waals surface area contributed by atoms with E-state index in [0.717, 1.165) is 33.2 Å². The number of aromatic nitrogens is 3. The van der Waals surface area contributed by atoms with Crippen molar-refractivity contribution in [2.75, 3.05) is 34.2 Å². The van der Waals surface area contributed by atoms with E-state index < -0.39 is 0 Å². The maximum absolute atomic E-state index is 12.8. The van der Waals surface area contributed by atoms with Crippen LogP contribution >= 0.6 is 0 Å². The van der Waals surface area contributed by atoms with E-state index in [4.69, 9.17) is 0 Å². The summed E-state index contributed by atoms with van der Waals surface area (Å²) in [6.07, 6.45) is 0.215. The van der Waals surface area contributed by atoms with Gasteiger partial charge in [-0.15, -0.1) is 0 Å². The highest BCUT2D eigenvalue weighted by Crippen LogP contribution is 2.34. The molecule has 1 heterocycles. The molecule has 0 saturated heterocycles. The number of fused-ring (bicyclic) bond motifs is 1. The molecule has 7 nitrogen and oxygen atoms in total. The van der Waals surface area contributed by atoms with E-state index in [1.165, 1.54) is 0 Å². The summed E-state index contributed by atoms with van der Waals surface area (Å²) in [5.74, 6) is 0.200. The van der Waals surface area contributed by atoms with Crippen LogP contribution in [0.25, 0.3) is 11.0 Å². The number of benzene rings is 2. The highest BCUT2D eigenvalue weighted by Gasteiger charge is 2.25. The first-order valence-corrected chi connectivity index (χ1v) is 10.7. The van der Waals surface area contributed by atoms with E-state index >= 15 is 0 Å². The van der Waals surface area contributed by atoms with Crippen LogP contribution in [0.15, 0.2) is 42.5 Å². The smallest absolute Gasteiger partial charge is 0.222 e. The Balaban J connectivity index is 0.00000363. The molecular weight excluding hydrogens is 470 g/mol. The molecule has 0 radical (unpaired) electrons. The first-order valence-electron chi connectivity index (χ1n) is 10.7. The lowest BCUT2D eigenvalue weighted by Crippen LogP contribution is -3.00. The number of hydrogen-bond acceptors (Lipinski definition) is 4. The molecule has 1 unspecified atom stereocenters. The van der Waals surface area contributed by atoms with E-state index in [9.17, 15) is 9.90 Å². The molecule has 1 amide bonds. The van der Waals surface area contributed by atoms with Gasteiger partial charge in [0.05, 0.1) is 40.7 Å². The zero-order valence-corrected chi connectivity index (χ0v) is 21.3. The normalized spacial score (nSPS) is 12.9. The first kappa shape index (κ1) is 25.8. The summed E-state index contributed by atoms with van der Waals surface area (Å²) in [6.45, 7) is 7.61. The third-order valence-corrected chi connectivity index (χ3v) is 5.28. The zero-order valence-electron chi connectivity index (χ0n) is 19.8. The number of phenols is 1. The van der Waals surface area contributed by atoms with Gasteiger partial charge in [0.15, 0.2) is 0 Å². The minimum absolute atomic E-state index is 0. The number of aromatic hydroxyl groups is 1. The van der Waals surface area contributed by atoms with Crippen molar-refractivity contribution in [3.05, 3.63) is 53.6 Å². The second-order valence-corrected chi connectivity index (χ2v) is 10.1. The van der Waals surface area contributed by atoms with Crippen LogP contribution in [0.1, 0.15) is 44.4 Å². The lowest BCUT2D eigenvalue weighted by Gasteiger charge is -2.25. The molecule has 0 spiro atoms. The van der Waals surface area contributed by atoms with Crippen LogP contribution in [-0.4, -0.2) is 64.7 Å². The van der Waals surface area contributed by atoms with Crippen LogP contribution in [0.4, 0.5) is 0 Å². The molecule has 2 aromatic carbocycles. The third-order valence-electron chi connectivity index (χ3n) is 5.28. The minimum Gasteiger partial charge on any atom is -1.00 e. The summed E-state index contributed by atoms with van der Waals surface area (Å²) in [6, 6.07) is 12.8. The van der Waals surface area contributed by atoms with Crippen molar-refractivity contribution in [2.45, 2.75) is 38.6 Å². The lowest BCUT2D eigenvalue weighted by molar-refractivity contribution is -0.869. The molecule has 0 saturated carbocycles. The van der Waals surface area contributed by atoms with E-state index in [2.05, 4.69) is 57.4 Å². The summed E-state index contributed by atoms with van der Waals surface area (Å²) < 4.78 is 0.780. The van der Waals surface area contributed by atoms with Crippen LogP contribution in [-0.2, 0) is 10.2 Å². The number of phenolic OH excluding ortho intramolecular Hbond substituents is 1. The van der Waals surface area contributed by atoms with E-state index in [1.807, 2.05) is 36.4 Å². The van der Waals surface area contributed by atoms with Gasteiger partial charge in [-0.25, -0.2) is 0 Å². The summed E-state index contributed by atoms with van der Waals surface area (Å²) >= 11 is 0. The summed E-state index contributed by atoms with van der Waals surface area (Å²) in [7, 11) is 6.29. The van der Waals surface area contributed by atoms with Crippen molar-refractivity contribution in [2.24, 2.45) is 0 Å². The lowest BCUT2D eigenvalue weighted by atomic mass is 9.84. The maximum Gasteiger partial charge on any atom is 0.222 e. The van der Waals surface area contributed by atoms with Crippen molar-refractivity contribution in [1.82, 2.24) is 20.3 Å². The predicted octanol–water partition coefficient (Wildman–Crippen LogP) is 0.240. The van der Waals surface area contributed by atoms with Crippen LogP contribution in [0, 0.1) is 0 Å². The van der Waals surface area contributed by atoms with E-state index in [-0.39, 0.29) is 46.5 Å². The molecule has 32 heavy (non-hydrogen) atoms. The second kappa shape index (κ2) is 10.0. The van der Waals surface area contributed by atoms with Crippen LogP contribution in [0.2, 0.25) is 0 Å². The second-order valence-electron chi connectivity index (χ2n) is 10.1. The fourth-order valence-corrected chi connectivity index (χ4v) is 3.49. The Bertz CT molecular complexity index is 1030. The molecule has 1 atom stereocenters. The Morgan fingerprint density at radius 1 is 1.09 bits per heavy atom. The molecule has 3 aromatic rings. The van der Waals surface area contributed by atoms with E-state index in [1.54, 1.807) is 10.9 Å². The molecule has 1 aromatic heterocycles. The topological polar surface area (TPSA) is 80.0 Å². The van der Waals surface area contributed by atoms with Gasteiger partial charge in [0, 0.05) is 0 Å². The Labute approximate surface area is 200 Å². The van der Waals surface area contributed by atoms with Crippen molar-refractivity contribution < 1.29 is 31.4 Å². The SMILES string of the molecule is CC(C)(C)c1cc(C(CC(=O)NCC[N+](C)(C)C)n2nc3ccccc3n2)ccc1O.[Br-]. The van der Waals surface area contributed by atoms with E-state index in [0.29, 0.717) is 6.54 Å². The number of carbonyl (C=O) groups is 1. The van der Waals surface area contributed by atoms with Crippen LogP contribution < -0.4 is 22.3 Å². The minimum atomic E-state index is -0.377. The van der Waals surface area contributed by atoms with Gasteiger partial charge in [0.25, 0.3) is 0 Å². The molecule has 0 aliphatic heterocycles. The van der Waals surface area contributed by atoms with Gasteiger partial charge in [-0.1, -0.05) is 39.0 Å². The van der Waals surface area contributed by atoms with Gasteiger partial charge in [0.2, 0.25) is 5.91 Å². The quantitative estimate of drug-likeness (QED) is 0.452. The maximum atomic E-state index is 12.8. The number of hydrogen-bond donors (Lipinski definition) is 2. The Hall–Kier alpha value is -2.45. The zero-order chi connectivity index (χ0) is 22.8. The molecule has 174 valence electrons. The van der Waals surface area contributed by atoms with Crippen molar-refractivity contribution in [3.63, 3.8) is 0 Å². The number of rotatable bonds is 7. The highest BCUT2D eigenvalue weighted by molar-refractivity contribution is 5.77. The number of nitrogens with zero attached hydrogens (tertiary/aromatic N) is 4. The van der Waals surface area contributed by atoms with Gasteiger partial charge >= 0.3 is 0 Å². The van der Waals surface area contributed by atoms with Crippen molar-refractivity contribution in [1.29, 1.82) is 0 Å². The molecule has 8 heteroatoms. The standard InChI is InChI=1S/C24H33N5O2.BrH/c1-24(2,3)18-15-17(11-12-22(18)30)21(16-23(31)25-13-14-29(4,5)6)28-26-19-9-7-8-10-20(19)27-28;/h7-12,15,21H,13-14,16H2,1-6H3,(H-,25,30,31);1H. The number of likely N-dealkylation sites (N-methyl/N-ethyl adjacent to an activating group) is 1. The average molecular weight is 504 g/mol. The summed E-state index contributed by atoms with van der Waals surface area (Å²) in [5.41, 5.74) is 3.06. The number of carbonyl (C=O) groups excluding carboxylic acids is 1. The Morgan fingerprint density at radius 3 is 2.22 bits per heavy atom. The first-order chi connectivity index (χ1) is 14.4. The van der Waals surface area contributed by atoms with Gasteiger partial charge in [-0.2, -0.15) is 15.0 Å². The average Bonchev–Trinajstić information content (AvgIpc) is 3.08. The summed E-state index contributed by atoms with van der Waals surface area (Å²) in [5, 5.41) is 22.7. The third kappa shape index (κ3) is 6.53. The summed E-state index contributed by atoms with van der Waals surface area (Å²) in [4.78, 5) is 14.4. The number of halogens is 1. The van der Waals surface area contributed by atoms with Gasteiger partial charge in [0.1, 0.15) is 22.8 Å². The van der Waals surface area contributed by atoms with Gasteiger partial charge in [-0.3, -0.25) is 4.79 Å². The molecular formula is C24H34BrN5O2. The Kier molecular flexibility index (Phi) is 8.07. The predicted molar refractivity (Wildman–Crippen MR) is 123 cm³/mol. The van der Waals surface area contributed by atoms with Crippen LogP contribution in [0.3, 0.4) is 0 Å². The molecule has 0 aliphatic carbocycles. The molecule has 0 fully saturated rings.